The van der Waals surface area contributed by atoms with E-state index in [1.54, 1.807) is 6.92 Å². The summed E-state index contributed by atoms with van der Waals surface area (Å²) in [6.45, 7) is 5.44. The van der Waals surface area contributed by atoms with Crippen molar-refractivity contribution in [1.82, 2.24) is 0 Å². The molecule has 16 heavy (non-hydrogen) atoms. The van der Waals surface area contributed by atoms with Crippen LogP contribution in [-0.4, -0.2) is 34.5 Å². The van der Waals surface area contributed by atoms with E-state index < -0.39 is 12.2 Å². The molecular weight excluding hydrogens is 208 g/mol. The van der Waals surface area contributed by atoms with Crippen LogP contribution in [0.2, 0.25) is 0 Å². The van der Waals surface area contributed by atoms with Crippen molar-refractivity contribution in [1.29, 1.82) is 0 Å². The number of aliphatic hydroxyl groups excluding tert-OH is 2. The molecule has 0 spiro atoms. The fourth-order valence-electron chi connectivity index (χ4n) is 1.64. The molecule has 4 nitrogen and oxygen atoms in total. The molecule has 1 saturated carbocycles. The summed E-state index contributed by atoms with van der Waals surface area (Å²) in [5, 5.41) is 18.8. The third-order valence-corrected chi connectivity index (χ3v) is 3.06. The third-order valence-electron chi connectivity index (χ3n) is 3.06. The standard InChI is InChI=1S/C12H20O4/c1-7(2)8(3)12(15)16-9-4-5-10(13)11(14)6-9/h9-11,13-14H,4-6H2,1-3H3. The molecule has 92 valence electrons. The van der Waals surface area contributed by atoms with Crippen LogP contribution in [-0.2, 0) is 9.53 Å². The molecule has 0 aromatic heterocycles. The minimum absolute atomic E-state index is 0.278. The highest BCUT2D eigenvalue weighted by Crippen LogP contribution is 2.22. The van der Waals surface area contributed by atoms with Crippen molar-refractivity contribution in [2.24, 2.45) is 0 Å². The maximum Gasteiger partial charge on any atom is 0.333 e. The largest absolute Gasteiger partial charge is 0.459 e. The third kappa shape index (κ3) is 3.32. The number of rotatable bonds is 2. The summed E-state index contributed by atoms with van der Waals surface area (Å²) in [4.78, 5) is 11.6. The molecule has 1 fully saturated rings. The Hall–Kier alpha value is -0.870. The first-order valence-corrected chi connectivity index (χ1v) is 5.63. The molecule has 0 aliphatic heterocycles. The number of aliphatic hydroxyl groups is 2. The number of ether oxygens (including phenoxy) is 1. The van der Waals surface area contributed by atoms with E-state index in [1.165, 1.54) is 0 Å². The molecule has 0 bridgehead atoms. The second-order valence-electron chi connectivity index (χ2n) is 4.60. The molecule has 1 aliphatic rings. The maximum atomic E-state index is 11.6. The first kappa shape index (κ1) is 13.2. The van der Waals surface area contributed by atoms with Gasteiger partial charge in [0.1, 0.15) is 6.10 Å². The molecule has 2 N–H and O–H groups in total. The molecule has 0 radical (unpaired) electrons. The van der Waals surface area contributed by atoms with Gasteiger partial charge in [0.2, 0.25) is 0 Å². The smallest absolute Gasteiger partial charge is 0.333 e. The van der Waals surface area contributed by atoms with Gasteiger partial charge in [0, 0.05) is 12.0 Å². The van der Waals surface area contributed by atoms with E-state index in [0.29, 0.717) is 24.8 Å². The second-order valence-corrected chi connectivity index (χ2v) is 4.60. The Balaban J connectivity index is 2.50. The Bertz CT molecular complexity index is 291. The number of carbonyl (C=O) groups is 1. The zero-order valence-corrected chi connectivity index (χ0v) is 10.1. The van der Waals surface area contributed by atoms with Crippen LogP contribution in [0.15, 0.2) is 11.1 Å². The number of hydrogen-bond donors (Lipinski definition) is 2. The van der Waals surface area contributed by atoms with Crippen molar-refractivity contribution in [3.63, 3.8) is 0 Å². The molecule has 0 aromatic rings. The molecule has 4 heteroatoms. The lowest BCUT2D eigenvalue weighted by Crippen LogP contribution is -2.38. The molecule has 0 amide bonds. The Kier molecular flexibility index (Phi) is 4.50. The van der Waals surface area contributed by atoms with Crippen LogP contribution < -0.4 is 0 Å². The van der Waals surface area contributed by atoms with Crippen molar-refractivity contribution in [3.8, 4) is 0 Å². The molecule has 3 unspecified atom stereocenters. The summed E-state index contributed by atoms with van der Waals surface area (Å²) in [5.41, 5.74) is 1.54. The van der Waals surface area contributed by atoms with Gasteiger partial charge in [-0.1, -0.05) is 5.57 Å². The van der Waals surface area contributed by atoms with Gasteiger partial charge in [-0.15, -0.1) is 0 Å². The van der Waals surface area contributed by atoms with Crippen molar-refractivity contribution >= 4 is 5.97 Å². The normalized spacial score (nSPS) is 29.7. The van der Waals surface area contributed by atoms with Crippen LogP contribution in [0.5, 0.6) is 0 Å². The van der Waals surface area contributed by atoms with Crippen LogP contribution in [0.1, 0.15) is 40.0 Å². The lowest BCUT2D eigenvalue weighted by Gasteiger charge is -2.29. The molecule has 1 aliphatic carbocycles. The van der Waals surface area contributed by atoms with Crippen LogP contribution in [0.25, 0.3) is 0 Å². The van der Waals surface area contributed by atoms with Gasteiger partial charge < -0.3 is 14.9 Å². The number of carbonyl (C=O) groups excluding carboxylic acids is 1. The van der Waals surface area contributed by atoms with Gasteiger partial charge in [-0.05, 0) is 33.6 Å². The Morgan fingerprint density at radius 1 is 1.12 bits per heavy atom. The first-order chi connectivity index (χ1) is 7.41. The van der Waals surface area contributed by atoms with E-state index in [-0.39, 0.29) is 12.1 Å². The molecule has 0 aromatic carbocycles. The zero-order valence-electron chi connectivity index (χ0n) is 10.1. The molecule has 1 rings (SSSR count). The predicted molar refractivity (Wildman–Crippen MR) is 59.8 cm³/mol. The first-order valence-electron chi connectivity index (χ1n) is 5.63. The van der Waals surface area contributed by atoms with Crippen LogP contribution in [0.3, 0.4) is 0 Å². The van der Waals surface area contributed by atoms with Crippen LogP contribution in [0, 0.1) is 0 Å². The molecule has 0 saturated heterocycles. The van der Waals surface area contributed by atoms with E-state index >= 15 is 0 Å². The van der Waals surface area contributed by atoms with Crippen molar-refractivity contribution in [3.05, 3.63) is 11.1 Å². The summed E-state index contributed by atoms with van der Waals surface area (Å²) in [5.74, 6) is -0.325. The molecular formula is C12H20O4. The topological polar surface area (TPSA) is 66.8 Å². The number of esters is 1. The minimum atomic E-state index is -0.779. The average molecular weight is 228 g/mol. The van der Waals surface area contributed by atoms with E-state index in [1.807, 2.05) is 13.8 Å². The number of hydrogen-bond acceptors (Lipinski definition) is 4. The highest BCUT2D eigenvalue weighted by molar-refractivity contribution is 5.88. The maximum absolute atomic E-state index is 11.6. The fraction of sp³-hybridized carbons (Fsp3) is 0.750. The quantitative estimate of drug-likeness (QED) is 0.550. The molecule has 0 heterocycles. The van der Waals surface area contributed by atoms with Crippen molar-refractivity contribution < 1.29 is 19.7 Å². The van der Waals surface area contributed by atoms with Gasteiger partial charge in [-0.2, -0.15) is 0 Å². The van der Waals surface area contributed by atoms with Crippen LogP contribution in [0.4, 0.5) is 0 Å². The van der Waals surface area contributed by atoms with Gasteiger partial charge in [0.25, 0.3) is 0 Å². The molecule has 3 atom stereocenters. The summed E-state index contributed by atoms with van der Waals surface area (Å²) >= 11 is 0. The Morgan fingerprint density at radius 2 is 1.75 bits per heavy atom. The van der Waals surface area contributed by atoms with Gasteiger partial charge in [0.15, 0.2) is 0 Å². The van der Waals surface area contributed by atoms with Gasteiger partial charge >= 0.3 is 5.97 Å². The van der Waals surface area contributed by atoms with Crippen LogP contribution >= 0.6 is 0 Å². The van der Waals surface area contributed by atoms with E-state index in [4.69, 9.17) is 4.74 Å². The van der Waals surface area contributed by atoms with Gasteiger partial charge in [-0.3, -0.25) is 0 Å². The predicted octanol–water partition coefficient (Wildman–Crippen LogP) is 1.16. The zero-order chi connectivity index (χ0) is 12.3. The number of allylic oxidation sites excluding steroid dienone is 1. The Labute approximate surface area is 95.9 Å². The summed E-state index contributed by atoms with van der Waals surface area (Å²) in [7, 11) is 0. The van der Waals surface area contributed by atoms with E-state index in [2.05, 4.69) is 0 Å². The lowest BCUT2D eigenvalue weighted by atomic mass is 9.92. The fourth-order valence-corrected chi connectivity index (χ4v) is 1.64. The van der Waals surface area contributed by atoms with Crippen molar-refractivity contribution in [2.75, 3.05) is 0 Å². The second kappa shape index (κ2) is 5.46. The van der Waals surface area contributed by atoms with E-state index in [9.17, 15) is 15.0 Å². The highest BCUT2D eigenvalue weighted by Gasteiger charge is 2.29. The summed E-state index contributed by atoms with van der Waals surface area (Å²) in [6.07, 6.45) is -0.325. The Morgan fingerprint density at radius 3 is 2.25 bits per heavy atom. The van der Waals surface area contributed by atoms with Gasteiger partial charge in [0.05, 0.1) is 12.2 Å². The summed E-state index contributed by atoms with van der Waals surface area (Å²) < 4.78 is 5.27. The highest BCUT2D eigenvalue weighted by atomic mass is 16.5. The van der Waals surface area contributed by atoms with Crippen molar-refractivity contribution in [2.45, 2.75) is 58.3 Å². The SMILES string of the molecule is CC(C)=C(C)C(=O)OC1CCC(O)C(O)C1. The average Bonchev–Trinajstić information content (AvgIpc) is 2.22. The van der Waals surface area contributed by atoms with E-state index in [0.717, 1.165) is 5.57 Å². The lowest BCUT2D eigenvalue weighted by molar-refractivity contribution is -0.150. The summed E-state index contributed by atoms with van der Waals surface area (Å²) in [6, 6.07) is 0. The monoisotopic (exact) mass is 228 g/mol. The minimum Gasteiger partial charge on any atom is -0.459 e. The van der Waals surface area contributed by atoms with Gasteiger partial charge in [-0.25, -0.2) is 4.79 Å².